The number of hydrogen-bond acceptors (Lipinski definition) is 3. The predicted molar refractivity (Wildman–Crippen MR) is 83.2 cm³/mol. The number of rotatable bonds is 4. The second-order valence-corrected chi connectivity index (χ2v) is 6.59. The van der Waals surface area contributed by atoms with Crippen LogP contribution in [-0.4, -0.2) is 36.1 Å². The van der Waals surface area contributed by atoms with Crippen molar-refractivity contribution in [2.75, 3.05) is 20.1 Å². The van der Waals surface area contributed by atoms with Gasteiger partial charge >= 0.3 is 0 Å². The van der Waals surface area contributed by atoms with Gasteiger partial charge in [0.15, 0.2) is 0 Å². The fourth-order valence-electron chi connectivity index (χ4n) is 3.21. The van der Waals surface area contributed by atoms with Gasteiger partial charge in [0.05, 0.1) is 0 Å². The van der Waals surface area contributed by atoms with E-state index in [9.17, 15) is 0 Å². The van der Waals surface area contributed by atoms with E-state index in [-0.39, 0.29) is 0 Å². The molecule has 2 atom stereocenters. The van der Waals surface area contributed by atoms with Gasteiger partial charge in [-0.25, -0.2) is 0 Å². The molecule has 4 heteroatoms. The molecule has 1 aromatic rings. The molecule has 0 amide bonds. The van der Waals surface area contributed by atoms with Crippen LogP contribution in [0.1, 0.15) is 38.3 Å². The summed E-state index contributed by atoms with van der Waals surface area (Å²) in [7, 11) is 2.05. The largest absolute Gasteiger partial charge is 0.319 e. The standard InChI is InChI=1S/C15H24BrN3/c1-11(2)19-6-4-5-12(8-17-3)15(19)13-7-14(16)10-18-9-13/h7,9-12,15,17H,4-6,8H2,1-3H3. The Morgan fingerprint density at radius 2 is 2.26 bits per heavy atom. The third-order valence-electron chi connectivity index (χ3n) is 3.99. The third kappa shape index (κ3) is 3.56. The monoisotopic (exact) mass is 325 g/mol. The first-order chi connectivity index (χ1) is 9.13. The Bertz CT molecular complexity index is 406. The van der Waals surface area contributed by atoms with Crippen molar-refractivity contribution in [2.24, 2.45) is 5.92 Å². The molecule has 1 aliphatic rings. The maximum atomic E-state index is 4.35. The highest BCUT2D eigenvalue weighted by molar-refractivity contribution is 9.10. The number of nitrogens with one attached hydrogen (secondary N) is 1. The van der Waals surface area contributed by atoms with E-state index in [4.69, 9.17) is 0 Å². The van der Waals surface area contributed by atoms with Gasteiger partial charge in [0, 0.05) is 29.0 Å². The summed E-state index contributed by atoms with van der Waals surface area (Å²) >= 11 is 3.55. The number of pyridine rings is 1. The molecule has 3 nitrogen and oxygen atoms in total. The quantitative estimate of drug-likeness (QED) is 0.921. The predicted octanol–water partition coefficient (Wildman–Crippen LogP) is 3.23. The van der Waals surface area contributed by atoms with Gasteiger partial charge in [-0.1, -0.05) is 0 Å². The summed E-state index contributed by atoms with van der Waals surface area (Å²) in [6, 6.07) is 3.27. The minimum atomic E-state index is 0.478. The molecule has 1 aromatic heterocycles. The average molecular weight is 326 g/mol. The molecule has 106 valence electrons. The second-order valence-electron chi connectivity index (χ2n) is 5.67. The van der Waals surface area contributed by atoms with Gasteiger partial charge in [0.2, 0.25) is 0 Å². The molecule has 1 fully saturated rings. The van der Waals surface area contributed by atoms with Gasteiger partial charge in [0.1, 0.15) is 0 Å². The normalized spacial score (nSPS) is 24.9. The first-order valence-corrected chi connectivity index (χ1v) is 7.93. The molecule has 0 saturated carbocycles. The molecule has 1 aliphatic heterocycles. The highest BCUT2D eigenvalue weighted by Gasteiger charge is 2.33. The van der Waals surface area contributed by atoms with Crippen LogP contribution in [0.5, 0.6) is 0 Å². The minimum absolute atomic E-state index is 0.478. The topological polar surface area (TPSA) is 28.2 Å². The van der Waals surface area contributed by atoms with E-state index in [1.54, 1.807) is 0 Å². The van der Waals surface area contributed by atoms with Crippen LogP contribution < -0.4 is 5.32 Å². The summed E-state index contributed by atoms with van der Waals surface area (Å²) in [5.74, 6) is 0.664. The van der Waals surface area contributed by atoms with Crippen LogP contribution in [0.3, 0.4) is 0 Å². The number of aromatic nitrogens is 1. The number of likely N-dealkylation sites (tertiary alicyclic amines) is 1. The van der Waals surface area contributed by atoms with Crippen LogP contribution in [0.25, 0.3) is 0 Å². The molecule has 2 unspecified atom stereocenters. The maximum Gasteiger partial charge on any atom is 0.0410 e. The van der Waals surface area contributed by atoms with Crippen molar-refractivity contribution in [3.63, 3.8) is 0 Å². The van der Waals surface area contributed by atoms with E-state index in [0.29, 0.717) is 18.0 Å². The first-order valence-electron chi connectivity index (χ1n) is 7.14. The molecule has 1 N–H and O–H groups in total. The Kier molecular flexibility index (Phi) is 5.37. The molecule has 2 rings (SSSR count). The summed E-state index contributed by atoms with van der Waals surface area (Å²) < 4.78 is 1.07. The summed E-state index contributed by atoms with van der Waals surface area (Å²) in [4.78, 5) is 6.97. The Morgan fingerprint density at radius 3 is 2.89 bits per heavy atom. The van der Waals surface area contributed by atoms with Crippen molar-refractivity contribution in [1.29, 1.82) is 0 Å². The number of nitrogens with zero attached hydrogens (tertiary/aromatic N) is 2. The van der Waals surface area contributed by atoms with E-state index < -0.39 is 0 Å². The van der Waals surface area contributed by atoms with E-state index in [2.05, 4.69) is 51.0 Å². The summed E-state index contributed by atoms with van der Waals surface area (Å²) in [6.07, 6.45) is 6.47. The van der Waals surface area contributed by atoms with Gasteiger partial charge in [-0.05, 0) is 80.3 Å². The SMILES string of the molecule is CNCC1CCCN(C(C)C)C1c1cncc(Br)c1. The lowest BCUT2D eigenvalue weighted by atomic mass is 9.84. The Labute approximate surface area is 124 Å². The van der Waals surface area contributed by atoms with Crippen molar-refractivity contribution in [3.8, 4) is 0 Å². The highest BCUT2D eigenvalue weighted by Crippen LogP contribution is 2.37. The van der Waals surface area contributed by atoms with Crippen LogP contribution in [0, 0.1) is 5.92 Å². The summed E-state index contributed by atoms with van der Waals surface area (Å²) in [5, 5.41) is 3.35. The van der Waals surface area contributed by atoms with Crippen molar-refractivity contribution < 1.29 is 0 Å². The van der Waals surface area contributed by atoms with Gasteiger partial charge in [-0.15, -0.1) is 0 Å². The molecule has 0 aromatic carbocycles. The average Bonchev–Trinajstić information content (AvgIpc) is 2.38. The summed E-state index contributed by atoms with van der Waals surface area (Å²) in [5.41, 5.74) is 1.34. The molecule has 19 heavy (non-hydrogen) atoms. The molecule has 0 radical (unpaired) electrons. The number of hydrogen-bond donors (Lipinski definition) is 1. The van der Waals surface area contributed by atoms with Crippen LogP contribution in [-0.2, 0) is 0 Å². The molecule has 2 heterocycles. The Balaban J connectivity index is 2.31. The fraction of sp³-hybridized carbons (Fsp3) is 0.667. The van der Waals surface area contributed by atoms with Crippen LogP contribution in [0.15, 0.2) is 22.9 Å². The third-order valence-corrected chi connectivity index (χ3v) is 4.43. The zero-order valence-electron chi connectivity index (χ0n) is 12.1. The van der Waals surface area contributed by atoms with Crippen molar-refractivity contribution in [1.82, 2.24) is 15.2 Å². The molecular formula is C15H24BrN3. The van der Waals surface area contributed by atoms with Gasteiger partial charge < -0.3 is 5.32 Å². The fourth-order valence-corrected chi connectivity index (χ4v) is 3.60. The van der Waals surface area contributed by atoms with Gasteiger partial charge in [-0.2, -0.15) is 0 Å². The maximum absolute atomic E-state index is 4.35. The van der Waals surface area contributed by atoms with E-state index in [1.165, 1.54) is 24.9 Å². The van der Waals surface area contributed by atoms with E-state index in [1.807, 2.05) is 19.4 Å². The van der Waals surface area contributed by atoms with Crippen LogP contribution in [0.2, 0.25) is 0 Å². The zero-order chi connectivity index (χ0) is 13.8. The second kappa shape index (κ2) is 6.82. The van der Waals surface area contributed by atoms with Crippen molar-refractivity contribution in [3.05, 3.63) is 28.5 Å². The van der Waals surface area contributed by atoms with Crippen molar-refractivity contribution >= 4 is 15.9 Å². The van der Waals surface area contributed by atoms with Crippen LogP contribution in [0.4, 0.5) is 0 Å². The Hall–Kier alpha value is -0.450. The minimum Gasteiger partial charge on any atom is -0.319 e. The van der Waals surface area contributed by atoms with E-state index >= 15 is 0 Å². The van der Waals surface area contributed by atoms with Crippen LogP contribution >= 0.6 is 15.9 Å². The number of halogens is 1. The Morgan fingerprint density at radius 1 is 1.47 bits per heavy atom. The molecule has 0 aliphatic carbocycles. The first kappa shape index (κ1) is 14.9. The molecule has 1 saturated heterocycles. The lowest BCUT2D eigenvalue weighted by molar-refractivity contribution is 0.0633. The molecule has 0 spiro atoms. The van der Waals surface area contributed by atoms with E-state index in [0.717, 1.165) is 11.0 Å². The molecular weight excluding hydrogens is 302 g/mol. The smallest absolute Gasteiger partial charge is 0.0410 e. The van der Waals surface area contributed by atoms with Gasteiger partial charge in [-0.3, -0.25) is 9.88 Å². The highest BCUT2D eigenvalue weighted by atomic mass is 79.9. The zero-order valence-corrected chi connectivity index (χ0v) is 13.7. The molecule has 0 bridgehead atoms. The van der Waals surface area contributed by atoms with Crippen molar-refractivity contribution in [2.45, 2.75) is 38.8 Å². The summed E-state index contributed by atoms with van der Waals surface area (Å²) in [6.45, 7) is 6.84. The number of piperidine rings is 1. The lowest BCUT2D eigenvalue weighted by Gasteiger charge is -2.44. The van der Waals surface area contributed by atoms with Gasteiger partial charge in [0.25, 0.3) is 0 Å². The lowest BCUT2D eigenvalue weighted by Crippen LogP contribution is -2.45.